The van der Waals surface area contributed by atoms with Gasteiger partial charge in [0.1, 0.15) is 6.61 Å². The standard InChI is InChI=1S/C8H15F3O/c1-2-3-4-5-6-12-7-8(9,10)11/h2-7H2,1H3. The highest BCUT2D eigenvalue weighted by molar-refractivity contribution is 4.46. The SMILES string of the molecule is CCCCCCOCC(F)(F)F. The molecule has 0 aromatic heterocycles. The van der Waals surface area contributed by atoms with Gasteiger partial charge in [-0.25, -0.2) is 0 Å². The van der Waals surface area contributed by atoms with Crippen molar-refractivity contribution < 1.29 is 17.9 Å². The molecule has 0 aliphatic carbocycles. The Kier molecular flexibility index (Phi) is 6.16. The Hall–Kier alpha value is -0.250. The van der Waals surface area contributed by atoms with Crippen LogP contribution in [-0.4, -0.2) is 19.4 Å². The van der Waals surface area contributed by atoms with E-state index < -0.39 is 12.8 Å². The summed E-state index contributed by atoms with van der Waals surface area (Å²) in [6.07, 6.45) is -0.350. The molecule has 0 aliphatic rings. The minimum atomic E-state index is -4.18. The van der Waals surface area contributed by atoms with Gasteiger partial charge in [0, 0.05) is 6.61 Å². The highest BCUT2D eigenvalue weighted by Gasteiger charge is 2.26. The molecular formula is C8H15F3O. The first-order valence-electron chi connectivity index (χ1n) is 4.20. The van der Waals surface area contributed by atoms with Crippen LogP contribution in [0.5, 0.6) is 0 Å². The summed E-state index contributed by atoms with van der Waals surface area (Å²) in [6.45, 7) is 1.16. The highest BCUT2D eigenvalue weighted by Crippen LogP contribution is 2.14. The molecule has 0 unspecified atom stereocenters. The lowest BCUT2D eigenvalue weighted by molar-refractivity contribution is -0.174. The third kappa shape index (κ3) is 9.75. The summed E-state index contributed by atoms with van der Waals surface area (Å²) in [5.74, 6) is 0. The summed E-state index contributed by atoms with van der Waals surface area (Å²) in [5, 5.41) is 0. The van der Waals surface area contributed by atoms with Crippen LogP contribution in [0.1, 0.15) is 32.6 Å². The average molecular weight is 184 g/mol. The molecule has 0 radical (unpaired) electrons. The molecule has 0 atom stereocenters. The fourth-order valence-corrected chi connectivity index (χ4v) is 0.819. The van der Waals surface area contributed by atoms with E-state index in [0.717, 1.165) is 25.7 Å². The second kappa shape index (κ2) is 6.29. The smallest absolute Gasteiger partial charge is 0.372 e. The first-order valence-corrected chi connectivity index (χ1v) is 4.20. The van der Waals surface area contributed by atoms with Crippen LogP contribution in [0.15, 0.2) is 0 Å². The number of unbranched alkanes of at least 4 members (excludes halogenated alkanes) is 3. The lowest BCUT2D eigenvalue weighted by Crippen LogP contribution is -2.17. The molecule has 0 spiro atoms. The number of hydrogen-bond acceptors (Lipinski definition) is 1. The zero-order valence-corrected chi connectivity index (χ0v) is 7.28. The van der Waals surface area contributed by atoms with Gasteiger partial charge >= 0.3 is 6.18 Å². The third-order valence-electron chi connectivity index (χ3n) is 1.41. The van der Waals surface area contributed by atoms with Gasteiger partial charge in [0.15, 0.2) is 0 Å². The maximum absolute atomic E-state index is 11.5. The van der Waals surface area contributed by atoms with Crippen LogP contribution in [-0.2, 0) is 4.74 Å². The predicted octanol–water partition coefficient (Wildman–Crippen LogP) is 3.15. The zero-order valence-electron chi connectivity index (χ0n) is 7.28. The molecule has 0 rings (SSSR count). The minimum absolute atomic E-state index is 0.222. The molecule has 0 heterocycles. The van der Waals surface area contributed by atoms with Crippen LogP contribution >= 0.6 is 0 Å². The Morgan fingerprint density at radius 3 is 2.25 bits per heavy atom. The maximum atomic E-state index is 11.5. The Bertz CT molecular complexity index is 101. The van der Waals surface area contributed by atoms with Crippen LogP contribution in [0.4, 0.5) is 13.2 Å². The quantitative estimate of drug-likeness (QED) is 0.576. The molecule has 0 saturated carbocycles. The van der Waals surface area contributed by atoms with E-state index in [2.05, 4.69) is 11.7 Å². The van der Waals surface area contributed by atoms with Crippen molar-refractivity contribution in [2.45, 2.75) is 38.8 Å². The molecule has 1 nitrogen and oxygen atoms in total. The van der Waals surface area contributed by atoms with Crippen LogP contribution in [0.25, 0.3) is 0 Å². The van der Waals surface area contributed by atoms with Crippen molar-refractivity contribution in [3.63, 3.8) is 0 Å². The summed E-state index contributed by atoms with van der Waals surface area (Å²) >= 11 is 0. The molecule has 0 bridgehead atoms. The largest absolute Gasteiger partial charge is 0.411 e. The van der Waals surface area contributed by atoms with Crippen molar-refractivity contribution in [3.8, 4) is 0 Å². The molecule has 0 aromatic carbocycles. The molecule has 0 amide bonds. The fraction of sp³-hybridized carbons (Fsp3) is 1.00. The van der Waals surface area contributed by atoms with Crippen molar-refractivity contribution in [2.75, 3.05) is 13.2 Å². The number of halogens is 3. The van der Waals surface area contributed by atoms with Gasteiger partial charge in [0.2, 0.25) is 0 Å². The van der Waals surface area contributed by atoms with Gasteiger partial charge in [0.05, 0.1) is 0 Å². The highest BCUT2D eigenvalue weighted by atomic mass is 19.4. The normalized spacial score (nSPS) is 12.0. The van der Waals surface area contributed by atoms with E-state index in [9.17, 15) is 13.2 Å². The van der Waals surface area contributed by atoms with E-state index in [0.29, 0.717) is 0 Å². The maximum Gasteiger partial charge on any atom is 0.411 e. The first-order chi connectivity index (χ1) is 5.56. The monoisotopic (exact) mass is 184 g/mol. The molecule has 0 saturated heterocycles. The van der Waals surface area contributed by atoms with E-state index in [1.165, 1.54) is 0 Å². The van der Waals surface area contributed by atoms with E-state index in [1.807, 2.05) is 0 Å². The first kappa shape index (κ1) is 11.8. The second-order valence-corrected chi connectivity index (χ2v) is 2.73. The van der Waals surface area contributed by atoms with E-state index in [-0.39, 0.29) is 6.61 Å². The van der Waals surface area contributed by atoms with Gasteiger partial charge in [-0.15, -0.1) is 0 Å². The molecular weight excluding hydrogens is 169 g/mol. The van der Waals surface area contributed by atoms with E-state index in [4.69, 9.17) is 0 Å². The molecule has 0 N–H and O–H groups in total. The lowest BCUT2D eigenvalue weighted by Gasteiger charge is -2.06. The van der Waals surface area contributed by atoms with Gasteiger partial charge in [-0.05, 0) is 6.42 Å². The summed E-state index contributed by atoms with van der Waals surface area (Å²) in [4.78, 5) is 0. The van der Waals surface area contributed by atoms with Crippen LogP contribution in [0.3, 0.4) is 0 Å². The molecule has 4 heteroatoms. The second-order valence-electron chi connectivity index (χ2n) is 2.73. The summed E-state index contributed by atoms with van der Waals surface area (Å²) < 4.78 is 38.9. The summed E-state index contributed by atoms with van der Waals surface area (Å²) in [7, 11) is 0. The predicted molar refractivity (Wildman–Crippen MR) is 41.0 cm³/mol. The van der Waals surface area contributed by atoms with Gasteiger partial charge < -0.3 is 4.74 Å². The topological polar surface area (TPSA) is 9.23 Å². The number of rotatable bonds is 6. The Morgan fingerprint density at radius 2 is 1.75 bits per heavy atom. The molecule has 0 aromatic rings. The number of ether oxygens (including phenoxy) is 1. The van der Waals surface area contributed by atoms with Gasteiger partial charge in [0.25, 0.3) is 0 Å². The van der Waals surface area contributed by atoms with E-state index >= 15 is 0 Å². The van der Waals surface area contributed by atoms with Crippen LogP contribution in [0.2, 0.25) is 0 Å². The van der Waals surface area contributed by atoms with Crippen molar-refractivity contribution in [2.24, 2.45) is 0 Å². The Morgan fingerprint density at radius 1 is 1.08 bits per heavy atom. The average Bonchev–Trinajstić information content (AvgIpc) is 1.94. The van der Waals surface area contributed by atoms with Gasteiger partial charge in [-0.3, -0.25) is 0 Å². The van der Waals surface area contributed by atoms with Gasteiger partial charge in [-0.2, -0.15) is 13.2 Å². The van der Waals surface area contributed by atoms with Gasteiger partial charge in [-0.1, -0.05) is 26.2 Å². The Balaban J connectivity index is 3.01. The van der Waals surface area contributed by atoms with Crippen molar-refractivity contribution in [1.29, 1.82) is 0 Å². The third-order valence-corrected chi connectivity index (χ3v) is 1.41. The zero-order chi connectivity index (χ0) is 9.45. The van der Waals surface area contributed by atoms with Crippen molar-refractivity contribution >= 4 is 0 Å². The fourth-order valence-electron chi connectivity index (χ4n) is 0.819. The van der Waals surface area contributed by atoms with Crippen molar-refractivity contribution in [3.05, 3.63) is 0 Å². The summed E-state index contributed by atoms with van der Waals surface area (Å²) in [6, 6.07) is 0. The molecule has 0 fully saturated rings. The molecule has 74 valence electrons. The molecule has 0 aliphatic heterocycles. The number of hydrogen-bond donors (Lipinski definition) is 0. The minimum Gasteiger partial charge on any atom is -0.372 e. The van der Waals surface area contributed by atoms with Crippen LogP contribution in [0, 0.1) is 0 Å². The lowest BCUT2D eigenvalue weighted by atomic mass is 10.2. The molecule has 12 heavy (non-hydrogen) atoms. The van der Waals surface area contributed by atoms with Crippen molar-refractivity contribution in [1.82, 2.24) is 0 Å². The Labute approximate surface area is 70.9 Å². The van der Waals surface area contributed by atoms with Crippen LogP contribution < -0.4 is 0 Å². The summed E-state index contributed by atoms with van der Waals surface area (Å²) in [5.41, 5.74) is 0. The number of alkyl halides is 3. The van der Waals surface area contributed by atoms with E-state index in [1.54, 1.807) is 0 Å².